The molecule has 2 aromatic rings. The standard InChI is InChI=1S/C18H20N2O7S/c1-8-9(2)15(11(4)16(10(8)3)28(25,26)27)20-18(24)19-12-5-6-14(21)13(7-12)17(22)23/h5-7,21H,1-4H3,(H,22,23)(H2,19,20,24)(H,25,26,27). The molecule has 0 unspecified atom stereocenters. The number of rotatable bonds is 4. The van der Waals surface area contributed by atoms with Gasteiger partial charge < -0.3 is 20.8 Å². The molecule has 2 amide bonds. The summed E-state index contributed by atoms with van der Waals surface area (Å²) in [5.74, 6) is -1.81. The normalized spacial score (nSPS) is 11.2. The number of phenols is 1. The molecular formula is C18H20N2O7S. The molecule has 0 saturated heterocycles. The minimum absolute atomic E-state index is 0.113. The quantitative estimate of drug-likeness (QED) is 0.384. The molecule has 28 heavy (non-hydrogen) atoms. The van der Waals surface area contributed by atoms with E-state index in [-0.39, 0.29) is 27.4 Å². The predicted octanol–water partition coefficient (Wildman–Crippen LogP) is 3.21. The van der Waals surface area contributed by atoms with Gasteiger partial charge in [0.1, 0.15) is 16.2 Å². The van der Waals surface area contributed by atoms with Gasteiger partial charge in [-0.1, -0.05) is 0 Å². The van der Waals surface area contributed by atoms with Crippen molar-refractivity contribution in [3.8, 4) is 5.75 Å². The molecule has 0 atom stereocenters. The summed E-state index contributed by atoms with van der Waals surface area (Å²) >= 11 is 0. The molecule has 0 heterocycles. The van der Waals surface area contributed by atoms with Crippen molar-refractivity contribution < 1.29 is 32.8 Å². The molecule has 0 aliphatic carbocycles. The summed E-state index contributed by atoms with van der Waals surface area (Å²) in [6.07, 6.45) is 0. The van der Waals surface area contributed by atoms with Gasteiger partial charge in [0.15, 0.2) is 0 Å². The highest BCUT2D eigenvalue weighted by Crippen LogP contribution is 2.33. The Bertz CT molecular complexity index is 1090. The van der Waals surface area contributed by atoms with Crippen molar-refractivity contribution in [2.24, 2.45) is 0 Å². The van der Waals surface area contributed by atoms with Gasteiger partial charge in [-0.3, -0.25) is 4.55 Å². The molecule has 2 rings (SSSR count). The summed E-state index contributed by atoms with van der Waals surface area (Å²) in [5, 5.41) is 23.5. The second-order valence-corrected chi connectivity index (χ2v) is 7.65. The van der Waals surface area contributed by atoms with Crippen LogP contribution in [0.5, 0.6) is 5.75 Å². The first-order valence-corrected chi connectivity index (χ1v) is 9.50. The van der Waals surface area contributed by atoms with Crippen LogP contribution < -0.4 is 10.6 Å². The number of carboxylic acids is 1. The third kappa shape index (κ3) is 4.07. The number of carboxylic acid groups (broad SMARTS) is 1. The zero-order chi connectivity index (χ0) is 21.4. The second kappa shape index (κ2) is 7.49. The molecule has 150 valence electrons. The molecule has 0 spiro atoms. The number of nitrogens with one attached hydrogen (secondary N) is 2. The smallest absolute Gasteiger partial charge is 0.339 e. The van der Waals surface area contributed by atoms with Crippen LogP contribution in [-0.2, 0) is 10.1 Å². The number of hydrogen-bond acceptors (Lipinski definition) is 5. The Kier molecular flexibility index (Phi) is 5.67. The summed E-state index contributed by atoms with van der Waals surface area (Å²) in [5.41, 5.74) is 1.71. The third-order valence-electron chi connectivity index (χ3n) is 4.54. The topological polar surface area (TPSA) is 153 Å². The van der Waals surface area contributed by atoms with Crippen molar-refractivity contribution in [2.45, 2.75) is 32.6 Å². The van der Waals surface area contributed by atoms with E-state index in [2.05, 4.69) is 10.6 Å². The average molecular weight is 408 g/mol. The molecule has 0 bridgehead atoms. The van der Waals surface area contributed by atoms with E-state index in [1.54, 1.807) is 20.8 Å². The number of amides is 2. The van der Waals surface area contributed by atoms with E-state index in [4.69, 9.17) is 5.11 Å². The van der Waals surface area contributed by atoms with Crippen molar-refractivity contribution >= 4 is 33.5 Å². The van der Waals surface area contributed by atoms with Crippen LogP contribution in [0.3, 0.4) is 0 Å². The average Bonchev–Trinajstić information content (AvgIpc) is 2.57. The van der Waals surface area contributed by atoms with Crippen LogP contribution in [-0.4, -0.2) is 35.2 Å². The van der Waals surface area contributed by atoms with E-state index in [1.807, 2.05) is 0 Å². The molecule has 5 N–H and O–H groups in total. The zero-order valence-electron chi connectivity index (χ0n) is 15.6. The van der Waals surface area contributed by atoms with Crippen molar-refractivity contribution in [1.82, 2.24) is 0 Å². The fourth-order valence-electron chi connectivity index (χ4n) is 2.95. The number of aromatic carboxylic acids is 1. The summed E-state index contributed by atoms with van der Waals surface area (Å²) in [7, 11) is -4.51. The summed E-state index contributed by atoms with van der Waals surface area (Å²) in [6, 6.07) is 2.77. The molecule has 10 heteroatoms. The fourth-order valence-corrected chi connectivity index (χ4v) is 3.98. The van der Waals surface area contributed by atoms with Crippen LogP contribution in [0.1, 0.15) is 32.6 Å². The Hall–Kier alpha value is -3.11. The maximum absolute atomic E-state index is 12.4. The monoisotopic (exact) mass is 408 g/mol. The van der Waals surface area contributed by atoms with Gasteiger partial charge in [-0.25, -0.2) is 9.59 Å². The Morgan fingerprint density at radius 3 is 2.07 bits per heavy atom. The molecule has 9 nitrogen and oxygen atoms in total. The number of benzene rings is 2. The van der Waals surface area contributed by atoms with Crippen molar-refractivity contribution in [3.05, 3.63) is 46.0 Å². The minimum atomic E-state index is -4.51. The van der Waals surface area contributed by atoms with Crippen molar-refractivity contribution in [3.63, 3.8) is 0 Å². The van der Waals surface area contributed by atoms with Gasteiger partial charge in [0.05, 0.1) is 0 Å². The number of aromatic hydroxyl groups is 1. The SMILES string of the molecule is Cc1c(C)c(NC(=O)Nc2ccc(O)c(C(=O)O)c2)c(C)c(S(=O)(=O)O)c1C. The second-order valence-electron chi connectivity index (χ2n) is 6.30. The van der Waals surface area contributed by atoms with E-state index in [9.17, 15) is 27.7 Å². The third-order valence-corrected chi connectivity index (χ3v) is 5.67. The van der Waals surface area contributed by atoms with Gasteiger partial charge in [-0.15, -0.1) is 0 Å². The lowest BCUT2D eigenvalue weighted by Gasteiger charge is -2.19. The zero-order valence-corrected chi connectivity index (χ0v) is 16.4. The lowest BCUT2D eigenvalue weighted by atomic mass is 9.98. The van der Waals surface area contributed by atoms with Gasteiger partial charge in [-0.2, -0.15) is 8.42 Å². The Morgan fingerprint density at radius 2 is 1.54 bits per heavy atom. The minimum Gasteiger partial charge on any atom is -0.507 e. The molecule has 0 aromatic heterocycles. The number of hydrogen-bond donors (Lipinski definition) is 5. The van der Waals surface area contributed by atoms with Crippen LogP contribution in [0.15, 0.2) is 23.1 Å². The van der Waals surface area contributed by atoms with E-state index in [0.29, 0.717) is 16.7 Å². The highest BCUT2D eigenvalue weighted by atomic mass is 32.2. The first-order chi connectivity index (χ1) is 12.8. The van der Waals surface area contributed by atoms with Crippen LogP contribution in [0.4, 0.5) is 16.2 Å². The number of carbonyl (C=O) groups excluding carboxylic acids is 1. The molecule has 0 aliphatic rings. The van der Waals surface area contributed by atoms with Gasteiger partial charge in [0.25, 0.3) is 10.1 Å². The number of urea groups is 1. The largest absolute Gasteiger partial charge is 0.507 e. The Labute approximate surface area is 161 Å². The van der Waals surface area contributed by atoms with E-state index in [1.165, 1.54) is 13.0 Å². The molecule has 0 fully saturated rings. The molecule has 0 saturated carbocycles. The van der Waals surface area contributed by atoms with Gasteiger partial charge in [0.2, 0.25) is 0 Å². The lowest BCUT2D eigenvalue weighted by molar-refractivity contribution is 0.0693. The number of anilines is 2. The van der Waals surface area contributed by atoms with Crippen molar-refractivity contribution in [2.75, 3.05) is 10.6 Å². The van der Waals surface area contributed by atoms with Crippen LogP contribution in [0, 0.1) is 27.7 Å². The van der Waals surface area contributed by atoms with Gasteiger partial charge >= 0.3 is 12.0 Å². The fraction of sp³-hybridized carbons (Fsp3) is 0.222. The van der Waals surface area contributed by atoms with E-state index >= 15 is 0 Å². The molecule has 2 aromatic carbocycles. The maximum Gasteiger partial charge on any atom is 0.339 e. The number of carbonyl (C=O) groups is 2. The highest BCUT2D eigenvalue weighted by molar-refractivity contribution is 7.86. The van der Waals surface area contributed by atoms with E-state index < -0.39 is 27.9 Å². The van der Waals surface area contributed by atoms with Gasteiger partial charge in [0, 0.05) is 11.4 Å². The van der Waals surface area contributed by atoms with Crippen LogP contribution >= 0.6 is 0 Å². The van der Waals surface area contributed by atoms with E-state index in [0.717, 1.165) is 12.1 Å². The maximum atomic E-state index is 12.4. The molecule has 0 aliphatic heterocycles. The van der Waals surface area contributed by atoms with Crippen LogP contribution in [0.2, 0.25) is 0 Å². The Morgan fingerprint density at radius 1 is 0.929 bits per heavy atom. The summed E-state index contributed by atoms with van der Waals surface area (Å²) < 4.78 is 33.0. The first kappa shape index (κ1) is 21.2. The summed E-state index contributed by atoms with van der Waals surface area (Å²) in [4.78, 5) is 23.2. The van der Waals surface area contributed by atoms with Crippen LogP contribution in [0.25, 0.3) is 0 Å². The predicted molar refractivity (Wildman–Crippen MR) is 103 cm³/mol. The Balaban J connectivity index is 2.41. The van der Waals surface area contributed by atoms with Gasteiger partial charge in [-0.05, 0) is 68.1 Å². The highest BCUT2D eigenvalue weighted by Gasteiger charge is 2.24. The molecule has 0 radical (unpaired) electrons. The summed E-state index contributed by atoms with van der Waals surface area (Å²) in [6.45, 7) is 6.39. The first-order valence-electron chi connectivity index (χ1n) is 8.06. The lowest BCUT2D eigenvalue weighted by Crippen LogP contribution is -2.22. The molecular weight excluding hydrogens is 388 g/mol. The van der Waals surface area contributed by atoms with Crippen molar-refractivity contribution in [1.29, 1.82) is 0 Å².